The highest BCUT2D eigenvalue weighted by Gasteiger charge is 2.26. The molecule has 0 aromatic carbocycles. The summed E-state index contributed by atoms with van der Waals surface area (Å²) < 4.78 is 1.91. The number of aliphatic hydroxyl groups is 1. The fourth-order valence-corrected chi connectivity index (χ4v) is 2.78. The van der Waals surface area contributed by atoms with Gasteiger partial charge in [-0.05, 0) is 56.7 Å². The smallest absolute Gasteiger partial charge is 0.140 e. The summed E-state index contributed by atoms with van der Waals surface area (Å²) >= 11 is 6.80. The topological polar surface area (TPSA) is 45.1 Å². The van der Waals surface area contributed by atoms with Gasteiger partial charge in [-0.1, -0.05) is 0 Å². The van der Waals surface area contributed by atoms with Gasteiger partial charge in [0.2, 0.25) is 0 Å². The van der Waals surface area contributed by atoms with Gasteiger partial charge in [-0.25, -0.2) is 4.98 Å². The predicted octanol–water partition coefficient (Wildman–Crippen LogP) is 2.79. The van der Waals surface area contributed by atoms with Crippen molar-refractivity contribution >= 4 is 37.7 Å². The average Bonchev–Trinajstić information content (AvgIpc) is 2.13. The van der Waals surface area contributed by atoms with Crippen LogP contribution in [0.4, 0.5) is 5.82 Å². The molecule has 3 nitrogen and oxygen atoms in total. The van der Waals surface area contributed by atoms with E-state index in [-0.39, 0.29) is 6.10 Å². The lowest BCUT2D eigenvalue weighted by atomic mass is 9.82. The molecule has 0 aliphatic heterocycles. The number of rotatable bonds is 3. The molecule has 1 aliphatic carbocycles. The third-order valence-corrected chi connectivity index (χ3v) is 3.61. The van der Waals surface area contributed by atoms with Crippen molar-refractivity contribution in [2.24, 2.45) is 5.92 Å². The van der Waals surface area contributed by atoms with Crippen LogP contribution in [-0.2, 0) is 0 Å². The van der Waals surface area contributed by atoms with E-state index < -0.39 is 0 Å². The van der Waals surface area contributed by atoms with Gasteiger partial charge in [-0.15, -0.1) is 0 Å². The minimum atomic E-state index is -0.0851. The summed E-state index contributed by atoms with van der Waals surface area (Å²) in [6.07, 6.45) is 3.49. The van der Waals surface area contributed by atoms with Crippen molar-refractivity contribution in [3.63, 3.8) is 0 Å². The van der Waals surface area contributed by atoms with Crippen LogP contribution in [0.2, 0.25) is 0 Å². The first-order valence-electron chi connectivity index (χ1n) is 4.88. The highest BCUT2D eigenvalue weighted by atomic mass is 79.9. The third kappa shape index (κ3) is 2.92. The standard InChI is InChI=1S/C10H12Br2N2O/c11-7-3-9(12)10(14-5-7)13-4-6-1-8(15)2-6/h3,5-6,8,15H,1-2,4H2,(H,13,14). The predicted molar refractivity (Wildman–Crippen MR) is 66.9 cm³/mol. The SMILES string of the molecule is OC1CC(CNc2ncc(Br)cc2Br)C1. The molecule has 0 bridgehead atoms. The van der Waals surface area contributed by atoms with E-state index in [9.17, 15) is 0 Å². The van der Waals surface area contributed by atoms with Crippen molar-refractivity contribution < 1.29 is 5.11 Å². The van der Waals surface area contributed by atoms with Crippen LogP contribution in [0, 0.1) is 5.92 Å². The summed E-state index contributed by atoms with van der Waals surface area (Å²) in [6.45, 7) is 0.879. The van der Waals surface area contributed by atoms with Crippen molar-refractivity contribution in [2.75, 3.05) is 11.9 Å². The molecule has 1 aromatic rings. The molecule has 1 saturated carbocycles. The van der Waals surface area contributed by atoms with Crippen LogP contribution >= 0.6 is 31.9 Å². The summed E-state index contributed by atoms with van der Waals surface area (Å²) in [4.78, 5) is 4.26. The first-order valence-corrected chi connectivity index (χ1v) is 6.46. The van der Waals surface area contributed by atoms with Gasteiger partial charge in [0, 0.05) is 17.2 Å². The molecule has 5 heteroatoms. The van der Waals surface area contributed by atoms with E-state index in [4.69, 9.17) is 5.11 Å². The Balaban J connectivity index is 1.88. The first-order chi connectivity index (χ1) is 7.15. The molecule has 0 unspecified atom stereocenters. The maximum Gasteiger partial charge on any atom is 0.140 e. The van der Waals surface area contributed by atoms with E-state index in [0.717, 1.165) is 34.1 Å². The largest absolute Gasteiger partial charge is 0.393 e. The second-order valence-corrected chi connectivity index (χ2v) is 5.63. The molecular formula is C10H12Br2N2O. The lowest BCUT2D eigenvalue weighted by Gasteiger charge is -2.31. The monoisotopic (exact) mass is 334 g/mol. The second-order valence-electron chi connectivity index (χ2n) is 3.86. The lowest BCUT2D eigenvalue weighted by molar-refractivity contribution is 0.0486. The minimum absolute atomic E-state index is 0.0851. The number of aliphatic hydroxyl groups excluding tert-OH is 1. The minimum Gasteiger partial charge on any atom is -0.393 e. The Morgan fingerprint density at radius 3 is 2.80 bits per heavy atom. The molecule has 2 rings (SSSR count). The van der Waals surface area contributed by atoms with Gasteiger partial charge < -0.3 is 10.4 Å². The van der Waals surface area contributed by atoms with Gasteiger partial charge in [-0.3, -0.25) is 0 Å². The molecule has 0 amide bonds. The van der Waals surface area contributed by atoms with Crippen LogP contribution in [0.15, 0.2) is 21.2 Å². The Bertz CT molecular complexity index is 353. The van der Waals surface area contributed by atoms with Gasteiger partial charge in [0.05, 0.1) is 10.6 Å². The first kappa shape index (κ1) is 11.4. The highest BCUT2D eigenvalue weighted by molar-refractivity contribution is 9.11. The molecule has 0 spiro atoms. The summed E-state index contributed by atoms with van der Waals surface area (Å²) in [6, 6.07) is 1.96. The number of aromatic nitrogens is 1. The molecule has 0 radical (unpaired) electrons. The molecule has 0 atom stereocenters. The Hall–Kier alpha value is -0.130. The van der Waals surface area contributed by atoms with Crippen molar-refractivity contribution in [2.45, 2.75) is 18.9 Å². The van der Waals surface area contributed by atoms with E-state index >= 15 is 0 Å². The van der Waals surface area contributed by atoms with Crippen LogP contribution in [0.1, 0.15) is 12.8 Å². The third-order valence-electron chi connectivity index (χ3n) is 2.58. The van der Waals surface area contributed by atoms with Gasteiger partial charge in [0.1, 0.15) is 5.82 Å². The molecule has 15 heavy (non-hydrogen) atoms. The number of nitrogens with one attached hydrogen (secondary N) is 1. The van der Waals surface area contributed by atoms with Crippen LogP contribution in [0.3, 0.4) is 0 Å². The molecule has 1 aromatic heterocycles. The second kappa shape index (κ2) is 4.80. The van der Waals surface area contributed by atoms with E-state index in [1.807, 2.05) is 6.07 Å². The van der Waals surface area contributed by atoms with Crippen molar-refractivity contribution in [3.8, 4) is 0 Å². The number of anilines is 1. The number of nitrogens with zero attached hydrogens (tertiary/aromatic N) is 1. The van der Waals surface area contributed by atoms with Gasteiger partial charge >= 0.3 is 0 Å². The fourth-order valence-electron chi connectivity index (χ4n) is 1.65. The molecule has 1 aliphatic rings. The Morgan fingerprint density at radius 2 is 2.20 bits per heavy atom. The summed E-state index contributed by atoms with van der Waals surface area (Å²) in [5.41, 5.74) is 0. The zero-order valence-corrected chi connectivity index (χ0v) is 11.3. The maximum absolute atomic E-state index is 9.15. The highest BCUT2D eigenvalue weighted by Crippen LogP contribution is 2.29. The number of hydrogen-bond donors (Lipinski definition) is 2. The van der Waals surface area contributed by atoms with Crippen LogP contribution < -0.4 is 5.32 Å². The van der Waals surface area contributed by atoms with Crippen LogP contribution in [-0.4, -0.2) is 22.7 Å². The van der Waals surface area contributed by atoms with E-state index in [2.05, 4.69) is 42.2 Å². The quantitative estimate of drug-likeness (QED) is 0.892. The number of hydrogen-bond acceptors (Lipinski definition) is 3. The fraction of sp³-hybridized carbons (Fsp3) is 0.500. The van der Waals surface area contributed by atoms with Crippen LogP contribution in [0.25, 0.3) is 0 Å². The molecule has 82 valence electrons. The summed E-state index contributed by atoms with van der Waals surface area (Å²) in [5, 5.41) is 12.4. The maximum atomic E-state index is 9.15. The summed E-state index contributed by atoms with van der Waals surface area (Å²) in [7, 11) is 0. The van der Waals surface area contributed by atoms with E-state index in [1.54, 1.807) is 6.20 Å². The molecule has 2 N–H and O–H groups in total. The van der Waals surface area contributed by atoms with Gasteiger partial charge in [0.25, 0.3) is 0 Å². The Labute approximate surface area is 106 Å². The number of halogens is 2. The normalized spacial score (nSPS) is 24.7. The molecular weight excluding hydrogens is 324 g/mol. The lowest BCUT2D eigenvalue weighted by Crippen LogP contribution is -2.33. The van der Waals surface area contributed by atoms with Crippen molar-refractivity contribution in [1.29, 1.82) is 0 Å². The van der Waals surface area contributed by atoms with Crippen molar-refractivity contribution in [1.82, 2.24) is 4.98 Å². The zero-order chi connectivity index (χ0) is 10.8. The molecule has 1 heterocycles. The average molecular weight is 336 g/mol. The number of pyridine rings is 1. The van der Waals surface area contributed by atoms with E-state index in [1.165, 1.54) is 0 Å². The van der Waals surface area contributed by atoms with Gasteiger partial charge in [-0.2, -0.15) is 0 Å². The summed E-state index contributed by atoms with van der Waals surface area (Å²) in [5.74, 6) is 1.44. The Kier molecular flexibility index (Phi) is 3.64. The van der Waals surface area contributed by atoms with Crippen molar-refractivity contribution in [3.05, 3.63) is 21.2 Å². The molecule has 0 saturated heterocycles. The zero-order valence-electron chi connectivity index (χ0n) is 8.08. The van der Waals surface area contributed by atoms with Crippen LogP contribution in [0.5, 0.6) is 0 Å². The Morgan fingerprint density at radius 1 is 1.47 bits per heavy atom. The van der Waals surface area contributed by atoms with E-state index in [0.29, 0.717) is 5.92 Å². The molecule has 1 fully saturated rings. The van der Waals surface area contributed by atoms with Gasteiger partial charge in [0.15, 0.2) is 0 Å².